The van der Waals surface area contributed by atoms with Crippen molar-refractivity contribution in [3.05, 3.63) is 0 Å². The summed E-state index contributed by atoms with van der Waals surface area (Å²) >= 11 is 0. The Bertz CT molecular complexity index is 181. The molecule has 1 heterocycles. The lowest BCUT2D eigenvalue weighted by Crippen LogP contribution is -2.41. The first kappa shape index (κ1) is 10.3. The van der Waals surface area contributed by atoms with Crippen molar-refractivity contribution in [1.82, 2.24) is 10.6 Å². The number of ether oxygens (including phenoxy) is 1. The Morgan fingerprint density at radius 2 is 2.23 bits per heavy atom. The van der Waals surface area contributed by atoms with Crippen molar-refractivity contribution in [2.45, 2.75) is 45.4 Å². The largest absolute Gasteiger partial charge is 0.444 e. The average molecular weight is 185 g/mol. The van der Waals surface area contributed by atoms with E-state index in [1.165, 1.54) is 0 Å². The molecule has 1 aliphatic rings. The standard InChI is InChI=1S/C9H17N2O2/c1-9(2,3)13-8(12)11-7-5-4-6-10-7/h7H,4-6H2,1-3H3,(H,11,12). The minimum Gasteiger partial charge on any atom is -0.444 e. The zero-order chi connectivity index (χ0) is 9.90. The molecule has 1 rings (SSSR count). The molecule has 1 unspecified atom stereocenters. The quantitative estimate of drug-likeness (QED) is 0.668. The molecule has 0 aromatic carbocycles. The number of carbonyl (C=O) groups is 1. The number of hydrogen-bond acceptors (Lipinski definition) is 2. The topological polar surface area (TPSA) is 52.4 Å². The van der Waals surface area contributed by atoms with Gasteiger partial charge in [-0.2, -0.15) is 0 Å². The third kappa shape index (κ3) is 4.12. The van der Waals surface area contributed by atoms with Gasteiger partial charge in [0.2, 0.25) is 0 Å². The van der Waals surface area contributed by atoms with Crippen molar-refractivity contribution >= 4 is 6.09 Å². The predicted octanol–water partition coefficient (Wildman–Crippen LogP) is 1.24. The van der Waals surface area contributed by atoms with Gasteiger partial charge in [0.05, 0.1) is 6.17 Å². The Morgan fingerprint density at radius 3 is 2.69 bits per heavy atom. The molecule has 1 amide bonds. The van der Waals surface area contributed by atoms with Gasteiger partial charge in [-0.25, -0.2) is 10.1 Å². The first-order valence-electron chi connectivity index (χ1n) is 4.63. The highest BCUT2D eigenvalue weighted by Crippen LogP contribution is 2.08. The molecule has 0 aromatic rings. The van der Waals surface area contributed by atoms with Gasteiger partial charge in [0, 0.05) is 6.54 Å². The Balaban J connectivity index is 2.24. The summed E-state index contributed by atoms with van der Waals surface area (Å²) in [6.07, 6.45) is 1.58. The molecule has 75 valence electrons. The van der Waals surface area contributed by atoms with E-state index in [-0.39, 0.29) is 12.3 Å². The molecule has 0 aromatic heterocycles. The van der Waals surface area contributed by atoms with Gasteiger partial charge >= 0.3 is 6.09 Å². The van der Waals surface area contributed by atoms with E-state index in [1.54, 1.807) is 0 Å². The van der Waals surface area contributed by atoms with E-state index in [0.717, 1.165) is 19.4 Å². The molecule has 0 spiro atoms. The van der Waals surface area contributed by atoms with Gasteiger partial charge in [0.25, 0.3) is 0 Å². The minimum absolute atomic E-state index is 0.0325. The zero-order valence-corrected chi connectivity index (χ0v) is 8.46. The van der Waals surface area contributed by atoms with Gasteiger partial charge in [0.1, 0.15) is 5.60 Å². The van der Waals surface area contributed by atoms with Crippen LogP contribution in [0.25, 0.3) is 0 Å². The molecule has 1 saturated heterocycles. The molecule has 1 N–H and O–H groups in total. The fraction of sp³-hybridized carbons (Fsp3) is 0.889. The Hall–Kier alpha value is -0.770. The van der Waals surface area contributed by atoms with Crippen LogP contribution in [-0.4, -0.2) is 24.4 Å². The number of alkyl carbamates (subject to hydrolysis) is 1. The van der Waals surface area contributed by atoms with E-state index in [0.29, 0.717) is 0 Å². The summed E-state index contributed by atoms with van der Waals surface area (Å²) in [6.45, 7) is 6.38. The number of rotatable bonds is 1. The summed E-state index contributed by atoms with van der Waals surface area (Å²) in [4.78, 5) is 11.2. The van der Waals surface area contributed by atoms with Gasteiger partial charge in [-0.05, 0) is 33.6 Å². The monoisotopic (exact) mass is 185 g/mol. The number of hydrogen-bond donors (Lipinski definition) is 1. The molecule has 13 heavy (non-hydrogen) atoms. The van der Waals surface area contributed by atoms with Crippen LogP contribution in [0.5, 0.6) is 0 Å². The van der Waals surface area contributed by atoms with Crippen molar-refractivity contribution in [2.75, 3.05) is 6.54 Å². The van der Waals surface area contributed by atoms with Crippen LogP contribution >= 0.6 is 0 Å². The molecule has 1 fully saturated rings. The van der Waals surface area contributed by atoms with Crippen LogP contribution in [0.1, 0.15) is 33.6 Å². The van der Waals surface area contributed by atoms with Gasteiger partial charge in [0.15, 0.2) is 0 Å². The second-order valence-corrected chi connectivity index (χ2v) is 4.21. The van der Waals surface area contributed by atoms with Crippen molar-refractivity contribution in [3.8, 4) is 0 Å². The Morgan fingerprint density at radius 1 is 1.54 bits per heavy atom. The molecule has 4 nitrogen and oxygen atoms in total. The van der Waals surface area contributed by atoms with Gasteiger partial charge < -0.3 is 10.1 Å². The van der Waals surface area contributed by atoms with E-state index in [9.17, 15) is 4.79 Å². The number of amides is 1. The van der Waals surface area contributed by atoms with Crippen LogP contribution in [0.3, 0.4) is 0 Å². The van der Waals surface area contributed by atoms with E-state index in [4.69, 9.17) is 4.74 Å². The summed E-state index contributed by atoms with van der Waals surface area (Å²) in [7, 11) is 0. The second-order valence-electron chi connectivity index (χ2n) is 4.21. The zero-order valence-electron chi connectivity index (χ0n) is 8.46. The molecule has 1 radical (unpaired) electrons. The maximum Gasteiger partial charge on any atom is 0.408 e. The van der Waals surface area contributed by atoms with Crippen LogP contribution in [0.15, 0.2) is 0 Å². The first-order chi connectivity index (χ1) is 5.97. The summed E-state index contributed by atoms with van der Waals surface area (Å²) in [5.74, 6) is 0. The molecule has 0 bridgehead atoms. The predicted molar refractivity (Wildman–Crippen MR) is 49.4 cm³/mol. The molecular formula is C9H17N2O2. The maximum absolute atomic E-state index is 11.2. The fourth-order valence-corrected chi connectivity index (χ4v) is 1.18. The second kappa shape index (κ2) is 3.96. The van der Waals surface area contributed by atoms with Crippen molar-refractivity contribution in [3.63, 3.8) is 0 Å². The van der Waals surface area contributed by atoms with E-state index in [1.807, 2.05) is 20.8 Å². The van der Waals surface area contributed by atoms with E-state index < -0.39 is 5.60 Å². The Kier molecular flexibility index (Phi) is 3.14. The minimum atomic E-state index is -0.428. The van der Waals surface area contributed by atoms with Crippen LogP contribution in [0.4, 0.5) is 4.79 Å². The molecular weight excluding hydrogens is 168 g/mol. The van der Waals surface area contributed by atoms with Crippen LogP contribution in [0.2, 0.25) is 0 Å². The third-order valence-electron chi connectivity index (χ3n) is 1.67. The molecule has 0 saturated carbocycles. The number of nitrogens with one attached hydrogen (secondary N) is 1. The summed E-state index contributed by atoms with van der Waals surface area (Å²) < 4.78 is 5.09. The third-order valence-corrected chi connectivity index (χ3v) is 1.67. The highest BCUT2D eigenvalue weighted by molar-refractivity contribution is 5.68. The normalized spacial score (nSPS) is 22.8. The molecule has 4 heteroatoms. The highest BCUT2D eigenvalue weighted by Gasteiger charge is 2.21. The Labute approximate surface area is 79.0 Å². The van der Waals surface area contributed by atoms with Crippen LogP contribution in [0, 0.1) is 0 Å². The van der Waals surface area contributed by atoms with Crippen molar-refractivity contribution in [1.29, 1.82) is 0 Å². The van der Waals surface area contributed by atoms with Crippen LogP contribution < -0.4 is 10.6 Å². The lowest BCUT2D eigenvalue weighted by molar-refractivity contribution is 0.0499. The molecule has 1 aliphatic heterocycles. The lowest BCUT2D eigenvalue weighted by atomic mass is 10.2. The average Bonchev–Trinajstić information content (AvgIpc) is 2.34. The number of carbonyl (C=O) groups excluding carboxylic acids is 1. The van der Waals surface area contributed by atoms with Crippen molar-refractivity contribution < 1.29 is 9.53 Å². The SMILES string of the molecule is CC(C)(C)OC(=O)NC1CCC[N]1. The van der Waals surface area contributed by atoms with Crippen molar-refractivity contribution in [2.24, 2.45) is 0 Å². The smallest absolute Gasteiger partial charge is 0.408 e. The fourth-order valence-electron chi connectivity index (χ4n) is 1.18. The summed E-state index contributed by atoms with van der Waals surface area (Å²) in [5, 5.41) is 6.90. The first-order valence-corrected chi connectivity index (χ1v) is 4.63. The van der Waals surface area contributed by atoms with E-state index >= 15 is 0 Å². The van der Waals surface area contributed by atoms with Gasteiger partial charge in [-0.1, -0.05) is 0 Å². The molecule has 0 aliphatic carbocycles. The summed E-state index contributed by atoms with van der Waals surface area (Å²) in [5.41, 5.74) is -0.428. The van der Waals surface area contributed by atoms with E-state index in [2.05, 4.69) is 10.6 Å². The lowest BCUT2D eigenvalue weighted by Gasteiger charge is -2.21. The number of nitrogens with zero attached hydrogens (tertiary/aromatic N) is 1. The highest BCUT2D eigenvalue weighted by atomic mass is 16.6. The van der Waals surface area contributed by atoms with Crippen LogP contribution in [-0.2, 0) is 4.74 Å². The van der Waals surface area contributed by atoms with Gasteiger partial charge in [-0.3, -0.25) is 0 Å². The van der Waals surface area contributed by atoms with Gasteiger partial charge in [-0.15, -0.1) is 0 Å². The summed E-state index contributed by atoms with van der Waals surface area (Å²) in [6, 6.07) is 0. The maximum atomic E-state index is 11.2. The molecule has 1 atom stereocenters.